The molecule has 0 unspecified atom stereocenters. The molecule has 0 amide bonds. The van der Waals surface area contributed by atoms with Crippen molar-refractivity contribution in [3.8, 4) is 0 Å². The molecular formula is C12H10F2O2. The molecule has 1 aromatic rings. The lowest BCUT2D eigenvalue weighted by molar-refractivity contribution is -0.166. The molecule has 2 rings (SSSR count). The predicted octanol–water partition coefficient (Wildman–Crippen LogP) is 2.82. The molecule has 0 saturated heterocycles. The average Bonchev–Trinajstić information content (AvgIpc) is 2.60. The number of fused-ring (bicyclic) bond motifs is 1. The number of carbonyl (C=O) groups is 1. The lowest BCUT2D eigenvalue weighted by Crippen LogP contribution is -2.25. The molecule has 2 nitrogen and oxygen atoms in total. The van der Waals surface area contributed by atoms with Crippen LogP contribution in [0.5, 0.6) is 0 Å². The maximum atomic E-state index is 13.2. The Balaban J connectivity index is 2.45. The van der Waals surface area contributed by atoms with E-state index in [4.69, 9.17) is 5.11 Å². The van der Waals surface area contributed by atoms with E-state index in [1.165, 1.54) is 12.1 Å². The molecule has 0 radical (unpaired) electrons. The zero-order valence-electron chi connectivity index (χ0n) is 8.63. The molecule has 16 heavy (non-hydrogen) atoms. The third kappa shape index (κ3) is 1.50. The van der Waals surface area contributed by atoms with Crippen LogP contribution in [0.1, 0.15) is 23.6 Å². The Morgan fingerprint density at radius 2 is 2.12 bits per heavy atom. The topological polar surface area (TPSA) is 37.3 Å². The first-order valence-electron chi connectivity index (χ1n) is 4.84. The highest BCUT2D eigenvalue weighted by atomic mass is 19.3. The van der Waals surface area contributed by atoms with Gasteiger partial charge in [-0.25, -0.2) is 4.79 Å². The first-order chi connectivity index (χ1) is 7.43. The minimum Gasteiger partial charge on any atom is -0.477 e. The highest BCUT2D eigenvalue weighted by Gasteiger charge is 2.41. The van der Waals surface area contributed by atoms with Crippen molar-refractivity contribution in [1.82, 2.24) is 0 Å². The molecule has 0 aliphatic heterocycles. The monoisotopic (exact) mass is 224 g/mol. The number of carboxylic acids is 1. The number of benzene rings is 1. The zero-order chi connectivity index (χ0) is 11.9. The first-order valence-corrected chi connectivity index (χ1v) is 4.84. The molecule has 0 atom stereocenters. The Morgan fingerprint density at radius 3 is 2.75 bits per heavy atom. The zero-order valence-corrected chi connectivity index (χ0v) is 8.63. The predicted molar refractivity (Wildman–Crippen MR) is 55.3 cm³/mol. The molecule has 0 fully saturated rings. The maximum Gasteiger partial charge on any atom is 0.379 e. The van der Waals surface area contributed by atoms with E-state index in [2.05, 4.69) is 0 Å². The van der Waals surface area contributed by atoms with Crippen LogP contribution in [0.3, 0.4) is 0 Å². The number of hydrogen-bond acceptors (Lipinski definition) is 1. The highest BCUT2D eigenvalue weighted by Crippen LogP contribution is 2.34. The number of allylic oxidation sites excluding steroid dienone is 2. The summed E-state index contributed by atoms with van der Waals surface area (Å²) < 4.78 is 26.5. The summed E-state index contributed by atoms with van der Waals surface area (Å²) in [6, 6.07) is 4.01. The Bertz CT molecular complexity index is 490. The highest BCUT2D eigenvalue weighted by molar-refractivity contribution is 5.78. The second kappa shape index (κ2) is 3.40. The molecule has 0 aromatic heterocycles. The molecule has 1 aliphatic rings. The maximum absolute atomic E-state index is 13.2. The van der Waals surface area contributed by atoms with Crippen LogP contribution in [0.2, 0.25) is 0 Å². The van der Waals surface area contributed by atoms with Gasteiger partial charge in [-0.15, -0.1) is 0 Å². The molecule has 4 heteroatoms. The van der Waals surface area contributed by atoms with Crippen LogP contribution >= 0.6 is 0 Å². The molecule has 1 aromatic carbocycles. The average molecular weight is 224 g/mol. The van der Waals surface area contributed by atoms with Crippen molar-refractivity contribution in [1.29, 1.82) is 0 Å². The fourth-order valence-corrected chi connectivity index (χ4v) is 1.84. The molecule has 84 valence electrons. The van der Waals surface area contributed by atoms with Gasteiger partial charge in [0.05, 0.1) is 0 Å². The first kappa shape index (κ1) is 10.8. The standard InChI is InChI=1S/C12H10F2O2/c1-7-2-3-8-6-9(4-5-10(7)8)12(13,14)11(15)16/h2,4-6H,3H2,1H3,(H,15,16). The summed E-state index contributed by atoms with van der Waals surface area (Å²) >= 11 is 0. The van der Waals surface area contributed by atoms with Crippen LogP contribution < -0.4 is 0 Å². The molecule has 0 heterocycles. The lowest BCUT2D eigenvalue weighted by Gasteiger charge is -2.13. The fourth-order valence-electron chi connectivity index (χ4n) is 1.84. The number of halogens is 2. The van der Waals surface area contributed by atoms with Gasteiger partial charge in [0.2, 0.25) is 0 Å². The van der Waals surface area contributed by atoms with Crippen LogP contribution in [0.15, 0.2) is 24.3 Å². The van der Waals surface area contributed by atoms with Gasteiger partial charge in [-0.3, -0.25) is 0 Å². The van der Waals surface area contributed by atoms with Crippen LogP contribution in [-0.2, 0) is 17.1 Å². The molecule has 0 spiro atoms. The minimum atomic E-state index is -3.81. The third-order valence-corrected chi connectivity index (χ3v) is 2.79. The van der Waals surface area contributed by atoms with Crippen molar-refractivity contribution in [2.45, 2.75) is 19.3 Å². The van der Waals surface area contributed by atoms with E-state index >= 15 is 0 Å². The smallest absolute Gasteiger partial charge is 0.379 e. The van der Waals surface area contributed by atoms with Crippen LogP contribution in [-0.4, -0.2) is 11.1 Å². The Kier molecular flexibility index (Phi) is 2.30. The SMILES string of the molecule is CC1=CCc2cc(C(F)(F)C(=O)O)ccc21. The lowest BCUT2D eigenvalue weighted by atomic mass is 10.00. The van der Waals surface area contributed by atoms with E-state index in [0.717, 1.165) is 16.7 Å². The summed E-state index contributed by atoms with van der Waals surface area (Å²) in [5.74, 6) is -5.93. The summed E-state index contributed by atoms with van der Waals surface area (Å²) in [6.07, 6.45) is 2.53. The van der Waals surface area contributed by atoms with E-state index in [1.54, 1.807) is 6.07 Å². The minimum absolute atomic E-state index is 0.457. The summed E-state index contributed by atoms with van der Waals surface area (Å²) in [4.78, 5) is 10.4. The van der Waals surface area contributed by atoms with Crippen LogP contribution in [0, 0.1) is 0 Å². The van der Waals surface area contributed by atoms with Gasteiger partial charge >= 0.3 is 11.9 Å². The van der Waals surface area contributed by atoms with Crippen molar-refractivity contribution >= 4 is 11.5 Å². The summed E-state index contributed by atoms with van der Waals surface area (Å²) in [6.45, 7) is 1.90. The number of rotatable bonds is 2. The van der Waals surface area contributed by atoms with Gasteiger partial charge in [0, 0.05) is 5.56 Å². The Hall–Kier alpha value is -1.71. The van der Waals surface area contributed by atoms with E-state index in [1.807, 2.05) is 13.0 Å². The van der Waals surface area contributed by atoms with Gasteiger partial charge in [-0.2, -0.15) is 8.78 Å². The number of carboxylic acid groups (broad SMARTS) is 1. The van der Waals surface area contributed by atoms with Gasteiger partial charge < -0.3 is 5.11 Å². The molecule has 1 N–H and O–H groups in total. The van der Waals surface area contributed by atoms with Gasteiger partial charge in [0.25, 0.3) is 0 Å². The molecule has 0 saturated carbocycles. The van der Waals surface area contributed by atoms with E-state index in [0.29, 0.717) is 6.42 Å². The van der Waals surface area contributed by atoms with Gasteiger partial charge in [0.15, 0.2) is 0 Å². The quantitative estimate of drug-likeness (QED) is 0.838. The molecule has 0 bridgehead atoms. The Morgan fingerprint density at radius 1 is 1.44 bits per heavy atom. The third-order valence-electron chi connectivity index (χ3n) is 2.79. The Labute approximate surface area is 91.2 Å². The summed E-state index contributed by atoms with van der Waals surface area (Å²) in [5, 5.41) is 8.43. The summed E-state index contributed by atoms with van der Waals surface area (Å²) in [7, 11) is 0. The van der Waals surface area contributed by atoms with Crippen molar-refractivity contribution in [2.24, 2.45) is 0 Å². The van der Waals surface area contributed by atoms with E-state index in [9.17, 15) is 13.6 Å². The van der Waals surface area contributed by atoms with Crippen molar-refractivity contribution in [3.05, 3.63) is 41.0 Å². The van der Waals surface area contributed by atoms with Gasteiger partial charge in [0.1, 0.15) is 0 Å². The van der Waals surface area contributed by atoms with E-state index in [-0.39, 0.29) is 0 Å². The largest absolute Gasteiger partial charge is 0.477 e. The number of aliphatic carboxylic acids is 1. The van der Waals surface area contributed by atoms with E-state index < -0.39 is 17.5 Å². The summed E-state index contributed by atoms with van der Waals surface area (Å²) in [5.41, 5.74) is 2.27. The van der Waals surface area contributed by atoms with Gasteiger partial charge in [-0.05, 0) is 36.1 Å². The second-order valence-corrected chi connectivity index (χ2v) is 3.84. The van der Waals surface area contributed by atoms with Crippen LogP contribution in [0.4, 0.5) is 8.78 Å². The van der Waals surface area contributed by atoms with Gasteiger partial charge in [-0.1, -0.05) is 18.2 Å². The second-order valence-electron chi connectivity index (χ2n) is 3.84. The number of hydrogen-bond donors (Lipinski definition) is 1. The van der Waals surface area contributed by atoms with Crippen LogP contribution in [0.25, 0.3) is 5.57 Å². The van der Waals surface area contributed by atoms with Crippen molar-refractivity contribution in [2.75, 3.05) is 0 Å². The van der Waals surface area contributed by atoms with Crippen molar-refractivity contribution < 1.29 is 18.7 Å². The molecular weight excluding hydrogens is 214 g/mol. The fraction of sp³-hybridized carbons (Fsp3) is 0.250. The normalized spacial score (nSPS) is 14.6. The molecule has 1 aliphatic carbocycles. The number of alkyl halides is 2. The van der Waals surface area contributed by atoms with Crippen molar-refractivity contribution in [3.63, 3.8) is 0 Å².